The van der Waals surface area contributed by atoms with Crippen LogP contribution in [0.25, 0.3) is 0 Å². The van der Waals surface area contributed by atoms with Crippen LogP contribution in [0.2, 0.25) is 0 Å². The van der Waals surface area contributed by atoms with E-state index in [1.54, 1.807) is 12.0 Å². The van der Waals surface area contributed by atoms with Crippen molar-refractivity contribution in [3.8, 4) is 0 Å². The number of ether oxygens (including phenoxy) is 1. The van der Waals surface area contributed by atoms with E-state index < -0.39 is 5.54 Å². The number of nitrogens with zero attached hydrogens (tertiary/aromatic N) is 3. The summed E-state index contributed by atoms with van der Waals surface area (Å²) in [5, 5.41) is 0. The summed E-state index contributed by atoms with van der Waals surface area (Å²) < 4.78 is 5.17. The lowest BCUT2D eigenvalue weighted by Gasteiger charge is -2.27. The molecule has 0 bridgehead atoms. The molecule has 0 aromatic carbocycles. The third-order valence-corrected chi connectivity index (χ3v) is 5.34. The van der Waals surface area contributed by atoms with E-state index in [9.17, 15) is 4.79 Å². The number of fused-ring (bicyclic) bond motifs is 2. The Morgan fingerprint density at radius 3 is 2.90 bits per heavy atom. The Balaban J connectivity index is 1.79. The topological polar surface area (TPSA) is 45.1 Å². The van der Waals surface area contributed by atoms with Gasteiger partial charge in [0.2, 0.25) is 0 Å². The van der Waals surface area contributed by atoms with Gasteiger partial charge in [0.05, 0.1) is 6.61 Å². The normalized spacial score (nSPS) is 37.0. The fraction of sp³-hybridized carbons (Fsp3) is 0.867. The van der Waals surface area contributed by atoms with Gasteiger partial charge in [-0.15, -0.1) is 0 Å². The molecule has 112 valence electrons. The molecule has 1 spiro atoms. The van der Waals surface area contributed by atoms with Crippen LogP contribution in [0.15, 0.2) is 4.99 Å². The molecule has 1 aliphatic carbocycles. The molecule has 1 amide bonds. The largest absolute Gasteiger partial charge is 0.383 e. The predicted molar refractivity (Wildman–Crippen MR) is 77.8 cm³/mol. The summed E-state index contributed by atoms with van der Waals surface area (Å²) in [4.78, 5) is 21.9. The van der Waals surface area contributed by atoms with Crippen LogP contribution < -0.4 is 0 Å². The van der Waals surface area contributed by atoms with Crippen LogP contribution in [0, 0.1) is 11.8 Å². The summed E-state index contributed by atoms with van der Waals surface area (Å²) in [6.45, 7) is 5.91. The quantitative estimate of drug-likeness (QED) is 0.771. The molecule has 3 atom stereocenters. The number of likely N-dealkylation sites (N-methyl/N-ethyl adjacent to an activating group) is 1. The average Bonchev–Trinajstić information content (AvgIpc) is 3.07. The summed E-state index contributed by atoms with van der Waals surface area (Å²) in [5.41, 5.74) is -0.438. The van der Waals surface area contributed by atoms with E-state index in [0.29, 0.717) is 11.8 Å². The lowest BCUT2D eigenvalue weighted by atomic mass is 9.85. The molecule has 5 heteroatoms. The molecule has 20 heavy (non-hydrogen) atoms. The molecule has 3 rings (SSSR count). The van der Waals surface area contributed by atoms with Gasteiger partial charge in [-0.2, -0.15) is 0 Å². The van der Waals surface area contributed by atoms with E-state index in [0.717, 1.165) is 51.3 Å². The molecule has 0 N–H and O–H groups in total. The van der Waals surface area contributed by atoms with Crippen molar-refractivity contribution in [3.05, 3.63) is 0 Å². The third-order valence-electron chi connectivity index (χ3n) is 5.34. The van der Waals surface area contributed by atoms with Gasteiger partial charge in [-0.05, 0) is 18.8 Å². The second-order valence-electron chi connectivity index (χ2n) is 6.33. The van der Waals surface area contributed by atoms with Crippen LogP contribution in [0.3, 0.4) is 0 Å². The Morgan fingerprint density at radius 2 is 2.25 bits per heavy atom. The van der Waals surface area contributed by atoms with Gasteiger partial charge in [0.15, 0.2) is 0 Å². The van der Waals surface area contributed by atoms with Gasteiger partial charge < -0.3 is 14.5 Å². The highest BCUT2D eigenvalue weighted by Gasteiger charge is 2.60. The molecule has 0 unspecified atom stereocenters. The first-order chi connectivity index (χ1) is 9.62. The Morgan fingerprint density at radius 1 is 1.45 bits per heavy atom. The molecular weight excluding hydrogens is 254 g/mol. The molecule has 0 aromatic rings. The summed E-state index contributed by atoms with van der Waals surface area (Å²) in [6.07, 6.45) is 2.91. The highest BCUT2D eigenvalue weighted by Crippen LogP contribution is 2.50. The van der Waals surface area contributed by atoms with E-state index in [4.69, 9.17) is 9.73 Å². The van der Waals surface area contributed by atoms with E-state index in [1.807, 2.05) is 7.05 Å². The Hall–Kier alpha value is -0.940. The molecule has 3 aliphatic rings. The number of likely N-dealkylation sites (tertiary alicyclic amines) is 1. The number of rotatable bonds is 4. The number of hydrogen-bond donors (Lipinski definition) is 0. The van der Waals surface area contributed by atoms with Crippen molar-refractivity contribution in [2.45, 2.75) is 31.7 Å². The van der Waals surface area contributed by atoms with Gasteiger partial charge >= 0.3 is 0 Å². The number of carbonyl (C=O) groups excluding carboxylic acids is 1. The zero-order valence-corrected chi connectivity index (χ0v) is 12.8. The minimum Gasteiger partial charge on any atom is -0.383 e. The molecule has 2 heterocycles. The van der Waals surface area contributed by atoms with Crippen molar-refractivity contribution in [1.82, 2.24) is 9.80 Å². The van der Waals surface area contributed by atoms with Crippen LogP contribution >= 0.6 is 0 Å². The standard InChI is InChI=1S/C15H25N3O2/c1-4-13-16-15(14(19)17(13)2)6-5-11-9-18(7-8-20-3)10-12(11)15/h11-12H,4-10H2,1-3H3/t11-,12+,15-/m1/s1. The van der Waals surface area contributed by atoms with Crippen molar-refractivity contribution in [2.24, 2.45) is 16.8 Å². The smallest absolute Gasteiger partial charge is 0.255 e. The molecule has 5 nitrogen and oxygen atoms in total. The van der Waals surface area contributed by atoms with Gasteiger partial charge in [-0.25, -0.2) is 0 Å². The van der Waals surface area contributed by atoms with E-state index in [2.05, 4.69) is 11.8 Å². The summed E-state index contributed by atoms with van der Waals surface area (Å²) in [7, 11) is 3.62. The minimum absolute atomic E-state index is 0.232. The predicted octanol–water partition coefficient (Wildman–Crippen LogP) is 0.994. The van der Waals surface area contributed by atoms with Crippen molar-refractivity contribution in [1.29, 1.82) is 0 Å². The maximum absolute atomic E-state index is 12.7. The Labute approximate surface area is 121 Å². The fourth-order valence-electron chi connectivity index (χ4n) is 4.27. The van der Waals surface area contributed by atoms with Crippen molar-refractivity contribution >= 4 is 11.7 Å². The molecular formula is C15H25N3O2. The maximum Gasteiger partial charge on any atom is 0.255 e. The van der Waals surface area contributed by atoms with Crippen LogP contribution in [0.1, 0.15) is 26.2 Å². The lowest BCUT2D eigenvalue weighted by Crippen LogP contribution is -2.45. The van der Waals surface area contributed by atoms with Crippen molar-refractivity contribution in [2.75, 3.05) is 40.4 Å². The first-order valence-corrected chi connectivity index (χ1v) is 7.70. The second kappa shape index (κ2) is 5.11. The minimum atomic E-state index is -0.438. The summed E-state index contributed by atoms with van der Waals surface area (Å²) in [5.74, 6) is 2.23. The lowest BCUT2D eigenvalue weighted by molar-refractivity contribution is -0.131. The summed E-state index contributed by atoms with van der Waals surface area (Å²) >= 11 is 0. The van der Waals surface area contributed by atoms with Gasteiger partial charge in [0, 0.05) is 46.1 Å². The zero-order chi connectivity index (χ0) is 14.3. The number of amidine groups is 1. The maximum atomic E-state index is 12.7. The SMILES string of the molecule is CCC1=N[C@@]2(CC[C@@H]3CN(CCOC)C[C@@H]32)C(=O)N1C. The second-order valence-corrected chi connectivity index (χ2v) is 6.33. The first-order valence-electron chi connectivity index (χ1n) is 7.70. The van der Waals surface area contributed by atoms with E-state index >= 15 is 0 Å². The number of methoxy groups -OCH3 is 1. The van der Waals surface area contributed by atoms with Crippen LogP contribution in [-0.4, -0.2) is 67.5 Å². The molecule has 1 saturated heterocycles. The van der Waals surface area contributed by atoms with E-state index in [1.165, 1.54) is 0 Å². The molecule has 0 radical (unpaired) electrons. The zero-order valence-electron chi connectivity index (χ0n) is 12.8. The number of amides is 1. The molecule has 1 saturated carbocycles. The molecule has 0 aromatic heterocycles. The molecule has 2 aliphatic heterocycles. The number of aliphatic imine (C=N–C) groups is 1. The fourth-order valence-corrected chi connectivity index (χ4v) is 4.27. The van der Waals surface area contributed by atoms with Gasteiger partial charge in [-0.1, -0.05) is 6.92 Å². The van der Waals surface area contributed by atoms with Gasteiger partial charge in [0.25, 0.3) is 5.91 Å². The Bertz CT molecular complexity index is 437. The van der Waals surface area contributed by atoms with Crippen LogP contribution in [0.4, 0.5) is 0 Å². The van der Waals surface area contributed by atoms with Crippen molar-refractivity contribution < 1.29 is 9.53 Å². The number of hydrogen-bond acceptors (Lipinski definition) is 4. The Kier molecular flexibility index (Phi) is 3.58. The molecule has 2 fully saturated rings. The third kappa shape index (κ3) is 1.91. The van der Waals surface area contributed by atoms with Gasteiger partial charge in [0.1, 0.15) is 11.4 Å². The first kappa shape index (κ1) is 14.0. The number of carbonyl (C=O) groups is 1. The monoisotopic (exact) mass is 279 g/mol. The highest BCUT2D eigenvalue weighted by molar-refractivity contribution is 6.08. The van der Waals surface area contributed by atoms with Crippen LogP contribution in [0.5, 0.6) is 0 Å². The van der Waals surface area contributed by atoms with Crippen molar-refractivity contribution in [3.63, 3.8) is 0 Å². The average molecular weight is 279 g/mol. The summed E-state index contributed by atoms with van der Waals surface area (Å²) in [6, 6.07) is 0. The van der Waals surface area contributed by atoms with E-state index in [-0.39, 0.29) is 5.91 Å². The van der Waals surface area contributed by atoms with Gasteiger partial charge in [-0.3, -0.25) is 9.79 Å². The van der Waals surface area contributed by atoms with Crippen LogP contribution in [-0.2, 0) is 9.53 Å². The highest BCUT2D eigenvalue weighted by atomic mass is 16.5.